The summed E-state index contributed by atoms with van der Waals surface area (Å²) >= 11 is 0. The Kier molecular flexibility index (Phi) is 4.58. The summed E-state index contributed by atoms with van der Waals surface area (Å²) in [6, 6.07) is 0.242. The molecular weight excluding hydrogens is 314 g/mol. The molecule has 0 unspecified atom stereocenters. The smallest absolute Gasteiger partial charge is 0.240 e. The molecule has 2 N–H and O–H groups in total. The third-order valence-corrected chi connectivity index (χ3v) is 6.62. The maximum Gasteiger partial charge on any atom is 0.240 e. The fraction of sp³-hybridized carbons (Fsp3) is 0.789. The lowest BCUT2D eigenvalue weighted by Crippen LogP contribution is -2.60. The lowest BCUT2D eigenvalue weighted by molar-refractivity contribution is -0.136. The molecule has 1 saturated heterocycles. The molecule has 0 aromatic carbocycles. The summed E-state index contributed by atoms with van der Waals surface area (Å²) in [6.07, 6.45) is 10.6. The highest BCUT2D eigenvalue weighted by Gasteiger charge is 2.45. The predicted molar refractivity (Wildman–Crippen MR) is 97.3 cm³/mol. The summed E-state index contributed by atoms with van der Waals surface area (Å²) < 4.78 is 0. The third kappa shape index (κ3) is 3.10. The Labute approximate surface area is 150 Å². The van der Waals surface area contributed by atoms with Crippen LogP contribution >= 0.6 is 0 Å². The standard InChI is InChI=1S/C19H31N5O/c1-23-10-6-14(7-11-23)24(2)18(25)16-12-15-17(21-13-20-15)19(22-16)8-4-3-5-9-19/h13-14,16,22H,3-12H2,1-2H3,(H,20,21)/t16-/m0/s1. The molecule has 3 heterocycles. The molecular formula is C19H31N5O. The molecule has 25 heavy (non-hydrogen) atoms. The van der Waals surface area contributed by atoms with Crippen molar-refractivity contribution in [2.75, 3.05) is 27.2 Å². The van der Waals surface area contributed by atoms with Gasteiger partial charge in [-0.3, -0.25) is 10.1 Å². The summed E-state index contributed by atoms with van der Waals surface area (Å²) in [5.74, 6) is 0.250. The van der Waals surface area contributed by atoms with Crippen LogP contribution in [0.25, 0.3) is 0 Å². The van der Waals surface area contributed by atoms with Crippen molar-refractivity contribution < 1.29 is 4.79 Å². The number of H-pyrrole nitrogens is 1. The summed E-state index contributed by atoms with van der Waals surface area (Å²) in [7, 11) is 4.16. The molecule has 3 aliphatic rings. The first-order valence-corrected chi connectivity index (χ1v) is 9.85. The first-order valence-electron chi connectivity index (χ1n) is 9.85. The summed E-state index contributed by atoms with van der Waals surface area (Å²) in [5, 5.41) is 3.76. The van der Waals surface area contributed by atoms with E-state index in [0.717, 1.165) is 56.6 Å². The molecule has 0 radical (unpaired) electrons. The van der Waals surface area contributed by atoms with E-state index in [1.165, 1.54) is 19.3 Å². The minimum Gasteiger partial charge on any atom is -0.348 e. The van der Waals surface area contributed by atoms with E-state index in [1.807, 2.05) is 11.9 Å². The van der Waals surface area contributed by atoms with E-state index in [0.29, 0.717) is 6.04 Å². The van der Waals surface area contributed by atoms with Crippen molar-refractivity contribution in [2.24, 2.45) is 0 Å². The Bertz CT molecular complexity index is 613. The van der Waals surface area contributed by atoms with Crippen LogP contribution in [0.4, 0.5) is 0 Å². The fourth-order valence-electron chi connectivity index (χ4n) is 5.04. The number of amides is 1. The number of fused-ring (bicyclic) bond motifs is 2. The summed E-state index contributed by atoms with van der Waals surface area (Å²) in [5.41, 5.74) is 2.23. The van der Waals surface area contributed by atoms with Crippen molar-refractivity contribution in [1.29, 1.82) is 0 Å². The molecule has 2 aliphatic heterocycles. The van der Waals surface area contributed by atoms with Gasteiger partial charge in [-0.15, -0.1) is 0 Å². The summed E-state index contributed by atoms with van der Waals surface area (Å²) in [6.45, 7) is 2.16. The molecule has 2 fully saturated rings. The number of aromatic nitrogens is 2. The van der Waals surface area contributed by atoms with Gasteiger partial charge >= 0.3 is 0 Å². The fourth-order valence-corrected chi connectivity index (χ4v) is 5.04. The average molecular weight is 345 g/mol. The second-order valence-corrected chi connectivity index (χ2v) is 8.26. The second kappa shape index (κ2) is 6.72. The Morgan fingerprint density at radius 2 is 2.00 bits per heavy atom. The van der Waals surface area contributed by atoms with Crippen molar-refractivity contribution in [3.63, 3.8) is 0 Å². The number of likely N-dealkylation sites (tertiary alicyclic amines) is 1. The summed E-state index contributed by atoms with van der Waals surface area (Å²) in [4.78, 5) is 25.5. The molecule has 1 atom stereocenters. The van der Waals surface area contributed by atoms with Crippen LogP contribution in [-0.2, 0) is 16.8 Å². The number of rotatable bonds is 2. The third-order valence-electron chi connectivity index (χ3n) is 6.62. The van der Waals surface area contributed by atoms with Crippen molar-refractivity contribution in [2.45, 2.75) is 69.0 Å². The van der Waals surface area contributed by atoms with Crippen LogP contribution in [0.5, 0.6) is 0 Å². The Balaban J connectivity index is 1.52. The van der Waals surface area contributed by atoms with Gasteiger partial charge in [-0.1, -0.05) is 19.3 Å². The van der Waals surface area contributed by atoms with Crippen LogP contribution in [0.1, 0.15) is 56.3 Å². The van der Waals surface area contributed by atoms with Crippen LogP contribution in [0.2, 0.25) is 0 Å². The maximum atomic E-state index is 13.3. The highest BCUT2D eigenvalue weighted by atomic mass is 16.2. The van der Waals surface area contributed by atoms with Crippen molar-refractivity contribution >= 4 is 5.91 Å². The zero-order chi connectivity index (χ0) is 17.4. The van der Waals surface area contributed by atoms with E-state index in [4.69, 9.17) is 0 Å². The van der Waals surface area contributed by atoms with E-state index in [2.05, 4.69) is 27.2 Å². The molecule has 1 aromatic heterocycles. The van der Waals surface area contributed by atoms with Gasteiger partial charge in [0.2, 0.25) is 5.91 Å². The van der Waals surface area contributed by atoms with Gasteiger partial charge in [-0.2, -0.15) is 0 Å². The van der Waals surface area contributed by atoms with Gasteiger partial charge in [0, 0.05) is 25.2 Å². The van der Waals surface area contributed by atoms with Gasteiger partial charge in [-0.05, 0) is 45.8 Å². The zero-order valence-electron chi connectivity index (χ0n) is 15.6. The quantitative estimate of drug-likeness (QED) is 0.855. The zero-order valence-corrected chi connectivity index (χ0v) is 15.6. The number of carbonyl (C=O) groups is 1. The molecule has 1 saturated carbocycles. The molecule has 6 nitrogen and oxygen atoms in total. The minimum absolute atomic E-state index is 0.0974. The van der Waals surface area contributed by atoms with Gasteiger partial charge < -0.3 is 14.8 Å². The van der Waals surface area contributed by atoms with E-state index in [-0.39, 0.29) is 17.5 Å². The predicted octanol–water partition coefficient (Wildman–Crippen LogP) is 1.64. The van der Waals surface area contributed by atoms with Gasteiger partial charge in [0.05, 0.1) is 23.6 Å². The van der Waals surface area contributed by atoms with E-state index in [9.17, 15) is 4.79 Å². The monoisotopic (exact) mass is 345 g/mol. The Morgan fingerprint density at radius 1 is 1.28 bits per heavy atom. The van der Waals surface area contributed by atoms with Crippen LogP contribution in [0.3, 0.4) is 0 Å². The van der Waals surface area contributed by atoms with Crippen molar-refractivity contribution in [3.05, 3.63) is 17.7 Å². The van der Waals surface area contributed by atoms with Crippen LogP contribution in [0, 0.1) is 0 Å². The number of likely N-dealkylation sites (N-methyl/N-ethyl adjacent to an activating group) is 1. The van der Waals surface area contributed by atoms with E-state index < -0.39 is 0 Å². The molecule has 6 heteroatoms. The highest BCUT2D eigenvalue weighted by molar-refractivity contribution is 5.82. The largest absolute Gasteiger partial charge is 0.348 e. The van der Waals surface area contributed by atoms with Crippen LogP contribution in [-0.4, -0.2) is 64.9 Å². The normalized spacial score (nSPS) is 27.2. The molecule has 1 aromatic rings. The van der Waals surface area contributed by atoms with Crippen molar-refractivity contribution in [3.8, 4) is 0 Å². The van der Waals surface area contributed by atoms with E-state index >= 15 is 0 Å². The first-order chi connectivity index (χ1) is 12.1. The number of imidazole rings is 1. The SMILES string of the molecule is CN1CCC(N(C)C(=O)[C@@H]2Cc3[nH]cnc3C3(CCCCC3)N2)CC1. The number of aromatic amines is 1. The Morgan fingerprint density at radius 3 is 2.72 bits per heavy atom. The molecule has 1 spiro atoms. The number of hydrogen-bond donors (Lipinski definition) is 2. The number of hydrogen-bond acceptors (Lipinski definition) is 4. The second-order valence-electron chi connectivity index (χ2n) is 8.26. The number of piperidine rings is 1. The van der Waals surface area contributed by atoms with Gasteiger partial charge in [-0.25, -0.2) is 4.98 Å². The molecule has 1 aliphatic carbocycles. The number of nitrogens with zero attached hydrogens (tertiary/aromatic N) is 3. The van der Waals surface area contributed by atoms with E-state index in [1.54, 1.807) is 6.33 Å². The molecule has 138 valence electrons. The lowest BCUT2D eigenvalue weighted by Gasteiger charge is -2.45. The van der Waals surface area contributed by atoms with Gasteiger partial charge in [0.25, 0.3) is 0 Å². The van der Waals surface area contributed by atoms with Crippen molar-refractivity contribution in [1.82, 2.24) is 25.1 Å². The average Bonchev–Trinajstić information content (AvgIpc) is 3.11. The van der Waals surface area contributed by atoms with Crippen LogP contribution < -0.4 is 5.32 Å². The topological polar surface area (TPSA) is 64.3 Å². The number of carbonyl (C=O) groups excluding carboxylic acids is 1. The minimum atomic E-state index is -0.129. The lowest BCUT2D eigenvalue weighted by atomic mass is 9.75. The van der Waals surface area contributed by atoms with Crippen LogP contribution in [0.15, 0.2) is 6.33 Å². The van der Waals surface area contributed by atoms with Gasteiger partial charge in [0.1, 0.15) is 0 Å². The Hall–Kier alpha value is -1.40. The first kappa shape index (κ1) is 17.0. The highest BCUT2D eigenvalue weighted by Crippen LogP contribution is 2.40. The molecule has 1 amide bonds. The number of nitrogens with one attached hydrogen (secondary N) is 2. The molecule has 0 bridgehead atoms. The maximum absolute atomic E-state index is 13.3. The van der Waals surface area contributed by atoms with Gasteiger partial charge in [0.15, 0.2) is 0 Å². The molecule has 4 rings (SSSR count).